The fourth-order valence-corrected chi connectivity index (χ4v) is 2.67. The Kier molecular flexibility index (Phi) is 4.31. The largest absolute Gasteiger partial charge is 0.507 e. The van der Waals surface area contributed by atoms with Gasteiger partial charge in [0.05, 0.1) is 0 Å². The molecule has 0 spiro atoms. The zero-order valence-corrected chi connectivity index (χ0v) is 13.4. The van der Waals surface area contributed by atoms with Crippen molar-refractivity contribution in [2.24, 2.45) is 0 Å². The lowest BCUT2D eigenvalue weighted by atomic mass is 9.91. The van der Waals surface area contributed by atoms with E-state index in [1.54, 1.807) is 6.92 Å². The number of fused-ring (bicyclic) bond motifs is 1. The number of phenols is 1. The Balaban J connectivity index is 2.33. The van der Waals surface area contributed by atoms with E-state index in [0.29, 0.717) is 11.3 Å². The fraction of sp³-hybridized carbons (Fsp3) is 0.389. The van der Waals surface area contributed by atoms with Crippen molar-refractivity contribution in [3.05, 3.63) is 40.5 Å². The Morgan fingerprint density at radius 1 is 1.41 bits per heavy atom. The molecule has 0 radical (unpaired) electrons. The SMILES string of the molecule is CC(C)=CCCC1(C)C=Cc2c(cc(O)c(C(=O)O)c2C)O1. The number of carboxylic acids is 1. The van der Waals surface area contributed by atoms with Gasteiger partial charge in [-0.05, 0) is 52.2 Å². The summed E-state index contributed by atoms with van der Waals surface area (Å²) < 4.78 is 6.03. The van der Waals surface area contributed by atoms with Crippen LogP contribution >= 0.6 is 0 Å². The zero-order chi connectivity index (χ0) is 16.5. The van der Waals surface area contributed by atoms with E-state index in [0.717, 1.165) is 18.4 Å². The molecule has 0 fully saturated rings. The van der Waals surface area contributed by atoms with E-state index in [1.807, 2.05) is 19.1 Å². The normalized spacial score (nSPS) is 19.3. The number of ether oxygens (including phenoxy) is 1. The zero-order valence-electron chi connectivity index (χ0n) is 13.4. The van der Waals surface area contributed by atoms with Crippen molar-refractivity contribution in [2.45, 2.75) is 46.1 Å². The summed E-state index contributed by atoms with van der Waals surface area (Å²) in [7, 11) is 0. The first-order chi connectivity index (χ1) is 10.2. The highest BCUT2D eigenvalue weighted by molar-refractivity contribution is 5.94. The molecule has 0 bridgehead atoms. The molecule has 0 amide bonds. The summed E-state index contributed by atoms with van der Waals surface area (Å²) in [5.41, 5.74) is 1.98. The van der Waals surface area contributed by atoms with Crippen molar-refractivity contribution >= 4 is 12.0 Å². The highest BCUT2D eigenvalue weighted by atomic mass is 16.5. The first kappa shape index (κ1) is 16.1. The van der Waals surface area contributed by atoms with Crippen LogP contribution in [-0.2, 0) is 0 Å². The molecule has 1 unspecified atom stereocenters. The van der Waals surface area contributed by atoms with E-state index in [-0.39, 0.29) is 11.3 Å². The minimum atomic E-state index is -1.14. The topological polar surface area (TPSA) is 66.8 Å². The molecule has 1 aliphatic rings. The third kappa shape index (κ3) is 3.16. The van der Waals surface area contributed by atoms with E-state index in [9.17, 15) is 15.0 Å². The average molecular weight is 302 g/mol. The molecule has 22 heavy (non-hydrogen) atoms. The molecule has 1 heterocycles. The molecule has 1 aromatic rings. The summed E-state index contributed by atoms with van der Waals surface area (Å²) in [6.45, 7) is 7.79. The lowest BCUT2D eigenvalue weighted by molar-refractivity contribution is 0.0692. The van der Waals surface area contributed by atoms with E-state index in [4.69, 9.17) is 4.74 Å². The molecule has 0 saturated heterocycles. The summed E-state index contributed by atoms with van der Waals surface area (Å²) in [5.74, 6) is -0.865. The quantitative estimate of drug-likeness (QED) is 0.813. The molecule has 4 heteroatoms. The van der Waals surface area contributed by atoms with Crippen LogP contribution < -0.4 is 4.74 Å². The van der Waals surface area contributed by atoms with Crippen LogP contribution in [0.15, 0.2) is 23.8 Å². The molecule has 0 aromatic heterocycles. The molecule has 1 aromatic carbocycles. The van der Waals surface area contributed by atoms with Gasteiger partial charge in [0.25, 0.3) is 0 Å². The highest BCUT2D eigenvalue weighted by Gasteiger charge is 2.29. The van der Waals surface area contributed by atoms with Gasteiger partial charge < -0.3 is 14.9 Å². The van der Waals surface area contributed by atoms with Crippen LogP contribution in [0.2, 0.25) is 0 Å². The van der Waals surface area contributed by atoms with Crippen LogP contribution in [-0.4, -0.2) is 21.8 Å². The summed E-state index contributed by atoms with van der Waals surface area (Å²) in [5, 5.41) is 19.1. The molecular weight excluding hydrogens is 280 g/mol. The number of rotatable bonds is 4. The molecule has 0 aliphatic carbocycles. The standard InChI is InChI=1S/C18H22O4/c1-11(2)6-5-8-18(4)9-7-13-12(3)16(17(20)21)14(19)10-15(13)22-18/h6-7,9-10,19H,5,8H2,1-4H3,(H,20,21). The van der Waals surface area contributed by atoms with Crippen LogP contribution in [0, 0.1) is 6.92 Å². The molecule has 1 atom stereocenters. The van der Waals surface area contributed by atoms with Crippen molar-refractivity contribution < 1.29 is 19.7 Å². The number of carboxylic acid groups (broad SMARTS) is 1. The van der Waals surface area contributed by atoms with Crippen LogP contribution in [0.3, 0.4) is 0 Å². The number of aromatic carboxylic acids is 1. The van der Waals surface area contributed by atoms with E-state index >= 15 is 0 Å². The summed E-state index contributed by atoms with van der Waals surface area (Å²) in [6.07, 6.45) is 7.73. The van der Waals surface area contributed by atoms with Crippen LogP contribution in [0.25, 0.3) is 6.08 Å². The Hall–Kier alpha value is -2.23. The predicted molar refractivity (Wildman–Crippen MR) is 86.5 cm³/mol. The summed E-state index contributed by atoms with van der Waals surface area (Å²) in [4.78, 5) is 11.2. The smallest absolute Gasteiger partial charge is 0.339 e. The molecule has 1 aliphatic heterocycles. The van der Waals surface area contributed by atoms with E-state index in [1.165, 1.54) is 11.6 Å². The molecule has 2 N–H and O–H groups in total. The van der Waals surface area contributed by atoms with Crippen molar-refractivity contribution in [1.29, 1.82) is 0 Å². The first-order valence-electron chi connectivity index (χ1n) is 7.35. The Labute approximate surface area is 130 Å². The van der Waals surface area contributed by atoms with Gasteiger partial charge in [-0.15, -0.1) is 0 Å². The maximum atomic E-state index is 11.2. The maximum Gasteiger partial charge on any atom is 0.339 e. The highest BCUT2D eigenvalue weighted by Crippen LogP contribution is 2.40. The predicted octanol–water partition coefficient (Wildman–Crippen LogP) is 4.31. The van der Waals surface area contributed by atoms with Gasteiger partial charge in [-0.3, -0.25) is 0 Å². The molecule has 0 saturated carbocycles. The van der Waals surface area contributed by atoms with E-state index in [2.05, 4.69) is 19.9 Å². The lowest BCUT2D eigenvalue weighted by Crippen LogP contribution is -2.32. The number of allylic oxidation sites excluding steroid dienone is 2. The summed E-state index contributed by atoms with van der Waals surface area (Å²) >= 11 is 0. The first-order valence-corrected chi connectivity index (χ1v) is 7.35. The number of carbonyl (C=O) groups is 1. The van der Waals surface area contributed by atoms with Gasteiger partial charge in [0.2, 0.25) is 0 Å². The minimum absolute atomic E-state index is 0.0693. The molecule has 118 valence electrons. The Bertz CT molecular complexity index is 666. The van der Waals surface area contributed by atoms with Gasteiger partial charge in [-0.2, -0.15) is 0 Å². The summed E-state index contributed by atoms with van der Waals surface area (Å²) in [6, 6.07) is 1.40. The van der Waals surface area contributed by atoms with Gasteiger partial charge in [0.1, 0.15) is 22.7 Å². The fourth-order valence-electron chi connectivity index (χ4n) is 2.67. The minimum Gasteiger partial charge on any atom is -0.507 e. The molecule has 2 rings (SSSR count). The monoisotopic (exact) mass is 302 g/mol. The molecular formula is C18H22O4. The third-order valence-corrected chi connectivity index (χ3v) is 3.92. The Morgan fingerprint density at radius 3 is 2.68 bits per heavy atom. The van der Waals surface area contributed by atoms with Crippen LogP contribution in [0.4, 0.5) is 0 Å². The number of hydrogen-bond donors (Lipinski definition) is 2. The second kappa shape index (κ2) is 5.87. The van der Waals surface area contributed by atoms with E-state index < -0.39 is 11.6 Å². The van der Waals surface area contributed by atoms with Gasteiger partial charge in [-0.25, -0.2) is 4.79 Å². The van der Waals surface area contributed by atoms with Gasteiger partial charge in [0, 0.05) is 11.6 Å². The third-order valence-electron chi connectivity index (χ3n) is 3.92. The molecule has 4 nitrogen and oxygen atoms in total. The van der Waals surface area contributed by atoms with Crippen LogP contribution in [0.1, 0.15) is 55.1 Å². The number of aromatic hydroxyl groups is 1. The van der Waals surface area contributed by atoms with Crippen molar-refractivity contribution in [3.63, 3.8) is 0 Å². The van der Waals surface area contributed by atoms with Crippen molar-refractivity contribution in [1.82, 2.24) is 0 Å². The van der Waals surface area contributed by atoms with Crippen molar-refractivity contribution in [2.75, 3.05) is 0 Å². The average Bonchev–Trinajstić information content (AvgIpc) is 2.36. The van der Waals surface area contributed by atoms with Crippen LogP contribution in [0.5, 0.6) is 11.5 Å². The Morgan fingerprint density at radius 2 is 2.09 bits per heavy atom. The second-order valence-corrected chi connectivity index (χ2v) is 6.18. The lowest BCUT2D eigenvalue weighted by Gasteiger charge is -2.32. The van der Waals surface area contributed by atoms with Gasteiger partial charge in [0.15, 0.2) is 0 Å². The maximum absolute atomic E-state index is 11.2. The number of hydrogen-bond acceptors (Lipinski definition) is 3. The van der Waals surface area contributed by atoms with Gasteiger partial charge in [-0.1, -0.05) is 17.7 Å². The number of benzene rings is 1. The van der Waals surface area contributed by atoms with Crippen molar-refractivity contribution in [3.8, 4) is 11.5 Å². The van der Waals surface area contributed by atoms with Gasteiger partial charge >= 0.3 is 5.97 Å². The second-order valence-electron chi connectivity index (χ2n) is 6.18.